The summed E-state index contributed by atoms with van der Waals surface area (Å²) in [4.78, 5) is 5.19. The summed E-state index contributed by atoms with van der Waals surface area (Å²) >= 11 is 3.69. The van der Waals surface area contributed by atoms with Crippen molar-refractivity contribution in [3.05, 3.63) is 266 Å². The molecule has 0 spiro atoms. The van der Waals surface area contributed by atoms with Crippen LogP contribution in [0.5, 0.6) is 0 Å². The van der Waals surface area contributed by atoms with Gasteiger partial charge in [0.2, 0.25) is 0 Å². The smallest absolute Gasteiger partial charge is 0.333 e. The Kier molecular flexibility index (Phi) is 8.83. The zero-order valence-electron chi connectivity index (χ0n) is 47.2. The molecule has 0 amide bonds. The van der Waals surface area contributed by atoms with Crippen LogP contribution in [0, 0.1) is 0 Å². The first kappa shape index (κ1) is 46.6. The Labute approximate surface area is 513 Å². The molecule has 22 rings (SSSR count). The first-order valence-corrected chi connectivity index (χ1v) is 32.3. The van der Waals surface area contributed by atoms with E-state index >= 15 is 0 Å². The van der Waals surface area contributed by atoms with Crippen LogP contribution < -0.4 is 31.7 Å². The summed E-state index contributed by atoms with van der Waals surface area (Å²) in [5.41, 5.74) is 25.5. The molecule has 0 fully saturated rings. The van der Waals surface area contributed by atoms with Crippen LogP contribution in [0.15, 0.2) is 266 Å². The van der Waals surface area contributed by atoms with Gasteiger partial charge < -0.3 is 18.8 Å². The minimum Gasteiger partial charge on any atom is -0.375 e. The Hall–Kier alpha value is -10.6. The van der Waals surface area contributed by atoms with E-state index in [4.69, 9.17) is 0 Å². The average molecular weight is 1150 g/mol. The molecule has 8 heteroatoms. The Morgan fingerprint density at radius 3 is 1.58 bits per heavy atom. The molecule has 0 radical (unpaired) electrons. The molecule has 4 nitrogen and oxygen atoms in total. The Bertz CT molecular complexity index is 6260. The molecule has 0 aliphatic carbocycles. The molecule has 0 unspecified atom stereocenters. The summed E-state index contributed by atoms with van der Waals surface area (Å²) in [5.74, 6) is 0. The van der Waals surface area contributed by atoms with Gasteiger partial charge in [0.1, 0.15) is 0 Å². The van der Waals surface area contributed by atoms with Crippen LogP contribution in [-0.2, 0) is 0 Å². The minimum absolute atomic E-state index is 0.0342. The molecule has 18 aromatic rings. The van der Waals surface area contributed by atoms with Crippen molar-refractivity contribution in [2.45, 2.75) is 0 Å². The van der Waals surface area contributed by atoms with E-state index in [0.29, 0.717) is 0 Å². The standard InChI is InChI=1S/C80H44B2N4S2/c1-2-14-48-37-54(29-26-45(48)12-1)83-68-31-28-47-13-5-6-17-56(47)76(68)82-78-71(83)44-73-61(33-35-88-73)75(78)64-40-53(39-63-58-19-8-10-23-67(58)86(82)80(63)64)51-25-24-46-27-30-55(38-52(46)36-51)84-69-42-50-16-4-3-15-49(50)41-65(69)81-77-70(84)43-72-60(32-34-87-72)74(77)62-21-11-20-59-57-18-7-9-22-66(57)85(81)79(59)62/h1-44H. The van der Waals surface area contributed by atoms with E-state index in [-0.39, 0.29) is 13.7 Å². The number of aromatic nitrogens is 2. The molecular weight excluding hydrogens is 1100 g/mol. The van der Waals surface area contributed by atoms with Gasteiger partial charge in [0.25, 0.3) is 0 Å². The van der Waals surface area contributed by atoms with Gasteiger partial charge in [0, 0.05) is 109 Å². The second-order valence-corrected chi connectivity index (χ2v) is 26.6. The number of rotatable bonds is 3. The molecule has 8 heterocycles. The normalized spacial score (nSPS) is 13.6. The molecule has 4 aliphatic heterocycles. The lowest BCUT2D eigenvalue weighted by Gasteiger charge is -2.41. The predicted molar refractivity (Wildman–Crippen MR) is 380 cm³/mol. The summed E-state index contributed by atoms with van der Waals surface area (Å²) in [6, 6.07) is 97.8. The SMILES string of the molecule is c1ccc2cc(N3c4cc5sccc5c5c4B(c4c3ccc3ccccc43)n3c4ccccc4c4cc(-c6ccc7ccc(N8c9cc%10ccccc%10cc9B9c%10c8cc8sccc8c%10-c8cccc%10c%11ccccc%11n9c8%10)cc7c6)cc-5c43)ccc2c1. The summed E-state index contributed by atoms with van der Waals surface area (Å²) in [6.07, 6.45) is 0. The minimum atomic E-state index is -0.0790. The molecule has 0 bridgehead atoms. The van der Waals surface area contributed by atoms with Crippen LogP contribution in [0.25, 0.3) is 140 Å². The highest BCUT2D eigenvalue weighted by atomic mass is 32.1. The Morgan fingerprint density at radius 1 is 0.284 bits per heavy atom. The molecular formula is C80H44B2N4S2. The van der Waals surface area contributed by atoms with Gasteiger partial charge in [0.15, 0.2) is 0 Å². The van der Waals surface area contributed by atoms with Gasteiger partial charge >= 0.3 is 13.7 Å². The highest BCUT2D eigenvalue weighted by molar-refractivity contribution is 7.17. The van der Waals surface area contributed by atoms with Gasteiger partial charge in [0.05, 0.1) is 0 Å². The average Bonchev–Trinajstić information content (AvgIpc) is 1.40. The number of para-hydroxylation sites is 3. The third-order valence-electron chi connectivity index (χ3n) is 20.5. The number of nitrogens with zero attached hydrogens (tertiary/aromatic N) is 4. The quantitative estimate of drug-likeness (QED) is 0.164. The second kappa shape index (κ2) is 16.7. The van der Waals surface area contributed by atoms with Crippen molar-refractivity contribution in [3.63, 3.8) is 0 Å². The fourth-order valence-corrected chi connectivity index (χ4v) is 18.6. The first-order valence-electron chi connectivity index (χ1n) is 30.5. The van der Waals surface area contributed by atoms with Gasteiger partial charge in [-0.05, 0) is 189 Å². The number of hydrogen-bond donors (Lipinski definition) is 0. The molecule has 0 saturated heterocycles. The summed E-state index contributed by atoms with van der Waals surface area (Å²) < 4.78 is 8.00. The topological polar surface area (TPSA) is 16.3 Å². The fourth-order valence-electron chi connectivity index (χ4n) is 16.9. The molecule has 14 aromatic carbocycles. The van der Waals surface area contributed by atoms with E-state index in [0.717, 1.165) is 5.69 Å². The van der Waals surface area contributed by atoms with E-state index in [1.54, 1.807) is 0 Å². The maximum Gasteiger partial charge on any atom is 0.333 e. The highest BCUT2D eigenvalue weighted by Crippen LogP contribution is 2.53. The van der Waals surface area contributed by atoms with Gasteiger partial charge in [-0.3, -0.25) is 0 Å². The van der Waals surface area contributed by atoms with E-state index in [1.807, 2.05) is 22.7 Å². The molecule has 402 valence electrons. The van der Waals surface area contributed by atoms with Crippen LogP contribution in [0.3, 0.4) is 0 Å². The number of fused-ring (bicyclic) bond motifs is 23. The predicted octanol–water partition coefficient (Wildman–Crippen LogP) is 19.4. The number of benzene rings is 14. The monoisotopic (exact) mass is 1150 g/mol. The van der Waals surface area contributed by atoms with Gasteiger partial charge in [-0.15, -0.1) is 22.7 Å². The third kappa shape index (κ3) is 5.88. The highest BCUT2D eigenvalue weighted by Gasteiger charge is 2.46. The van der Waals surface area contributed by atoms with Crippen LogP contribution >= 0.6 is 22.7 Å². The van der Waals surface area contributed by atoms with Gasteiger partial charge in [-0.25, -0.2) is 0 Å². The zero-order chi connectivity index (χ0) is 56.8. The van der Waals surface area contributed by atoms with Crippen molar-refractivity contribution in [1.29, 1.82) is 0 Å². The van der Waals surface area contributed by atoms with Crippen molar-refractivity contribution >= 4 is 199 Å². The maximum absolute atomic E-state index is 2.72. The van der Waals surface area contributed by atoms with Crippen molar-refractivity contribution in [2.24, 2.45) is 0 Å². The van der Waals surface area contributed by atoms with E-state index in [2.05, 4.69) is 284 Å². The maximum atomic E-state index is 2.72. The van der Waals surface area contributed by atoms with Crippen LogP contribution in [0.2, 0.25) is 0 Å². The zero-order valence-corrected chi connectivity index (χ0v) is 48.8. The lowest BCUT2D eigenvalue weighted by Crippen LogP contribution is -2.57. The summed E-state index contributed by atoms with van der Waals surface area (Å²) in [5, 5.41) is 22.3. The third-order valence-corrected chi connectivity index (χ3v) is 22.2. The van der Waals surface area contributed by atoms with E-state index < -0.39 is 0 Å². The molecule has 4 aliphatic rings. The van der Waals surface area contributed by atoms with Crippen LogP contribution in [0.4, 0.5) is 34.1 Å². The lowest BCUT2D eigenvalue weighted by molar-refractivity contribution is 1.27. The summed E-state index contributed by atoms with van der Waals surface area (Å²) in [6.45, 7) is -0.113. The van der Waals surface area contributed by atoms with Crippen molar-refractivity contribution in [1.82, 2.24) is 8.96 Å². The molecule has 0 atom stereocenters. The fraction of sp³-hybridized carbons (Fsp3) is 0. The Morgan fingerprint density at radius 2 is 0.830 bits per heavy atom. The lowest BCUT2D eigenvalue weighted by atomic mass is 9.44. The van der Waals surface area contributed by atoms with Gasteiger partial charge in [-0.2, -0.15) is 0 Å². The Balaban J connectivity index is 0.783. The van der Waals surface area contributed by atoms with Gasteiger partial charge in [-0.1, -0.05) is 164 Å². The van der Waals surface area contributed by atoms with E-state index in [9.17, 15) is 0 Å². The first-order chi connectivity index (χ1) is 43.6. The number of hydrogen-bond acceptors (Lipinski definition) is 4. The van der Waals surface area contributed by atoms with Crippen LogP contribution in [0.1, 0.15) is 0 Å². The largest absolute Gasteiger partial charge is 0.375 e. The van der Waals surface area contributed by atoms with Crippen molar-refractivity contribution < 1.29 is 0 Å². The van der Waals surface area contributed by atoms with Crippen molar-refractivity contribution in [2.75, 3.05) is 9.80 Å². The second-order valence-electron chi connectivity index (χ2n) is 24.7. The van der Waals surface area contributed by atoms with Crippen molar-refractivity contribution in [3.8, 4) is 33.4 Å². The molecule has 0 N–H and O–H groups in total. The van der Waals surface area contributed by atoms with E-state index in [1.165, 1.54) is 191 Å². The molecule has 0 saturated carbocycles. The van der Waals surface area contributed by atoms with Crippen LogP contribution in [-0.4, -0.2) is 22.7 Å². The summed E-state index contributed by atoms with van der Waals surface area (Å²) in [7, 11) is 0. The number of anilines is 6. The number of thiophene rings is 2. The molecule has 88 heavy (non-hydrogen) atoms. The molecule has 4 aromatic heterocycles.